The molecule has 0 aromatic heterocycles. The molecule has 0 fully saturated rings. The summed E-state index contributed by atoms with van der Waals surface area (Å²) in [7, 11) is 7.34. The van der Waals surface area contributed by atoms with Crippen LogP contribution in [0.4, 0.5) is 5.69 Å². The SMILES string of the molecule is CNCCCN(C)c1ccc(OC)c(Br)c1OC. The molecular weight excluding hydrogens is 296 g/mol. The van der Waals surface area contributed by atoms with Crippen molar-refractivity contribution in [3.8, 4) is 11.5 Å². The van der Waals surface area contributed by atoms with Gasteiger partial charge in [-0.25, -0.2) is 0 Å². The summed E-state index contributed by atoms with van der Waals surface area (Å²) >= 11 is 3.51. The average molecular weight is 317 g/mol. The van der Waals surface area contributed by atoms with Crippen LogP contribution in [0.15, 0.2) is 16.6 Å². The van der Waals surface area contributed by atoms with Gasteiger partial charge in [-0.15, -0.1) is 0 Å². The Kier molecular flexibility index (Phi) is 6.29. The molecule has 1 N–H and O–H groups in total. The van der Waals surface area contributed by atoms with E-state index in [0.717, 1.165) is 41.2 Å². The van der Waals surface area contributed by atoms with Crippen LogP contribution in [-0.2, 0) is 0 Å². The number of methoxy groups -OCH3 is 2. The minimum Gasteiger partial charge on any atom is -0.495 e. The van der Waals surface area contributed by atoms with Crippen LogP contribution < -0.4 is 19.7 Å². The Hall–Kier alpha value is -0.940. The third-order valence-electron chi connectivity index (χ3n) is 2.80. The summed E-state index contributed by atoms with van der Waals surface area (Å²) in [4.78, 5) is 2.18. The lowest BCUT2D eigenvalue weighted by atomic mass is 10.2. The molecule has 0 aliphatic heterocycles. The summed E-state index contributed by atoms with van der Waals surface area (Å²) in [5.41, 5.74) is 1.06. The Morgan fingerprint density at radius 1 is 1.28 bits per heavy atom. The van der Waals surface area contributed by atoms with Gasteiger partial charge in [-0.1, -0.05) is 0 Å². The number of nitrogens with zero attached hydrogens (tertiary/aromatic N) is 1. The maximum atomic E-state index is 5.46. The molecule has 1 aromatic rings. The highest BCUT2D eigenvalue weighted by molar-refractivity contribution is 9.10. The topological polar surface area (TPSA) is 33.7 Å². The number of benzene rings is 1. The fourth-order valence-corrected chi connectivity index (χ4v) is 2.45. The first kappa shape index (κ1) is 15.1. The van der Waals surface area contributed by atoms with Crippen molar-refractivity contribution in [3.63, 3.8) is 0 Å². The monoisotopic (exact) mass is 316 g/mol. The van der Waals surface area contributed by atoms with Gasteiger partial charge in [0.1, 0.15) is 10.2 Å². The first-order valence-corrected chi connectivity index (χ1v) is 6.71. The molecule has 0 spiro atoms. The molecule has 0 heterocycles. The minimum atomic E-state index is 0.777. The zero-order valence-corrected chi connectivity index (χ0v) is 13.0. The molecule has 102 valence electrons. The van der Waals surface area contributed by atoms with E-state index in [1.807, 2.05) is 19.2 Å². The van der Waals surface area contributed by atoms with Crippen molar-refractivity contribution >= 4 is 21.6 Å². The molecule has 1 rings (SSSR count). The molecule has 0 aliphatic carbocycles. The van der Waals surface area contributed by atoms with Gasteiger partial charge >= 0.3 is 0 Å². The van der Waals surface area contributed by atoms with Crippen LogP contribution in [0.1, 0.15) is 6.42 Å². The van der Waals surface area contributed by atoms with Crippen molar-refractivity contribution in [1.29, 1.82) is 0 Å². The Morgan fingerprint density at radius 3 is 2.56 bits per heavy atom. The summed E-state index contributed by atoms with van der Waals surface area (Å²) in [6, 6.07) is 3.96. The van der Waals surface area contributed by atoms with Crippen molar-refractivity contribution in [1.82, 2.24) is 5.32 Å². The number of nitrogens with one attached hydrogen (secondary N) is 1. The second kappa shape index (κ2) is 7.48. The van der Waals surface area contributed by atoms with E-state index in [1.165, 1.54) is 0 Å². The zero-order valence-electron chi connectivity index (χ0n) is 11.4. The standard InChI is InChI=1S/C13H21BrN2O2/c1-15-8-5-9-16(2)10-6-7-11(17-3)12(14)13(10)18-4/h6-7,15H,5,8-9H2,1-4H3. The molecule has 0 atom stereocenters. The van der Waals surface area contributed by atoms with Gasteiger partial charge in [0.15, 0.2) is 5.75 Å². The Bertz CT molecular complexity index is 385. The molecule has 0 bridgehead atoms. The third kappa shape index (κ3) is 3.53. The van der Waals surface area contributed by atoms with E-state index in [4.69, 9.17) is 9.47 Å². The van der Waals surface area contributed by atoms with Crippen molar-refractivity contribution in [2.45, 2.75) is 6.42 Å². The van der Waals surface area contributed by atoms with E-state index in [9.17, 15) is 0 Å². The van der Waals surface area contributed by atoms with Gasteiger partial charge in [0.25, 0.3) is 0 Å². The molecule has 1 aromatic carbocycles. The number of anilines is 1. The Labute approximate surface area is 117 Å². The fraction of sp³-hybridized carbons (Fsp3) is 0.538. The molecule has 5 heteroatoms. The highest BCUT2D eigenvalue weighted by Crippen LogP contribution is 2.41. The molecular formula is C13H21BrN2O2. The van der Waals surface area contributed by atoms with Gasteiger partial charge in [-0.3, -0.25) is 0 Å². The van der Waals surface area contributed by atoms with Gasteiger partial charge in [0.05, 0.1) is 19.9 Å². The number of rotatable bonds is 7. The third-order valence-corrected chi connectivity index (χ3v) is 3.55. The van der Waals surface area contributed by atoms with Crippen molar-refractivity contribution < 1.29 is 9.47 Å². The van der Waals surface area contributed by atoms with Gasteiger partial charge in [0, 0.05) is 13.6 Å². The molecule has 4 nitrogen and oxygen atoms in total. The summed E-state index contributed by atoms with van der Waals surface area (Å²) in [6.07, 6.45) is 1.08. The first-order valence-electron chi connectivity index (χ1n) is 5.92. The largest absolute Gasteiger partial charge is 0.495 e. The van der Waals surface area contributed by atoms with E-state index in [2.05, 4.69) is 33.2 Å². The second-order valence-electron chi connectivity index (χ2n) is 4.01. The first-order chi connectivity index (χ1) is 8.65. The fourth-order valence-electron chi connectivity index (χ4n) is 1.79. The van der Waals surface area contributed by atoms with Crippen LogP contribution in [0, 0.1) is 0 Å². The highest BCUT2D eigenvalue weighted by atomic mass is 79.9. The Morgan fingerprint density at radius 2 is 2.00 bits per heavy atom. The summed E-state index contributed by atoms with van der Waals surface area (Å²) in [5.74, 6) is 1.58. The maximum absolute atomic E-state index is 5.46. The zero-order chi connectivity index (χ0) is 13.5. The van der Waals surface area contributed by atoms with Crippen molar-refractivity contribution in [3.05, 3.63) is 16.6 Å². The quantitative estimate of drug-likeness (QED) is 0.784. The van der Waals surface area contributed by atoms with E-state index in [-0.39, 0.29) is 0 Å². The van der Waals surface area contributed by atoms with Gasteiger partial charge in [-0.2, -0.15) is 0 Å². The normalized spacial score (nSPS) is 10.3. The van der Waals surface area contributed by atoms with E-state index in [1.54, 1.807) is 14.2 Å². The molecule has 0 aliphatic rings. The van der Waals surface area contributed by atoms with E-state index in [0.29, 0.717) is 0 Å². The second-order valence-corrected chi connectivity index (χ2v) is 4.81. The predicted octanol–water partition coefficient (Wildman–Crippen LogP) is 2.51. The van der Waals surface area contributed by atoms with E-state index >= 15 is 0 Å². The summed E-state index contributed by atoms with van der Waals surface area (Å²) in [6.45, 7) is 1.97. The maximum Gasteiger partial charge on any atom is 0.160 e. The lowest BCUT2D eigenvalue weighted by molar-refractivity contribution is 0.389. The Balaban J connectivity index is 2.90. The highest BCUT2D eigenvalue weighted by Gasteiger charge is 2.15. The lowest BCUT2D eigenvalue weighted by Crippen LogP contribution is -2.22. The molecule has 0 unspecified atom stereocenters. The molecule has 18 heavy (non-hydrogen) atoms. The average Bonchev–Trinajstić information content (AvgIpc) is 2.38. The van der Waals surface area contributed by atoms with Crippen LogP contribution in [0.5, 0.6) is 11.5 Å². The number of halogens is 1. The molecule has 0 saturated carbocycles. The molecule has 0 saturated heterocycles. The van der Waals surface area contributed by atoms with Crippen LogP contribution in [-0.4, -0.2) is 41.4 Å². The smallest absolute Gasteiger partial charge is 0.160 e. The molecule has 0 radical (unpaired) electrons. The van der Waals surface area contributed by atoms with E-state index < -0.39 is 0 Å². The number of ether oxygens (including phenoxy) is 2. The number of hydrogen-bond donors (Lipinski definition) is 1. The van der Waals surface area contributed by atoms with Crippen LogP contribution in [0.2, 0.25) is 0 Å². The van der Waals surface area contributed by atoms with Crippen LogP contribution in [0.25, 0.3) is 0 Å². The predicted molar refractivity (Wildman–Crippen MR) is 79.1 cm³/mol. The van der Waals surface area contributed by atoms with Crippen molar-refractivity contribution in [2.75, 3.05) is 46.3 Å². The van der Waals surface area contributed by atoms with Gasteiger partial charge in [0.2, 0.25) is 0 Å². The van der Waals surface area contributed by atoms with Crippen LogP contribution >= 0.6 is 15.9 Å². The van der Waals surface area contributed by atoms with Crippen LogP contribution in [0.3, 0.4) is 0 Å². The minimum absolute atomic E-state index is 0.777. The summed E-state index contributed by atoms with van der Waals surface area (Å²) in [5, 5.41) is 3.15. The van der Waals surface area contributed by atoms with Gasteiger partial charge < -0.3 is 19.7 Å². The summed E-state index contributed by atoms with van der Waals surface area (Å²) < 4.78 is 11.6. The van der Waals surface area contributed by atoms with Crippen molar-refractivity contribution in [2.24, 2.45) is 0 Å². The van der Waals surface area contributed by atoms with Gasteiger partial charge in [-0.05, 0) is 48.1 Å². The molecule has 0 amide bonds. The lowest BCUT2D eigenvalue weighted by Gasteiger charge is -2.23. The number of hydrogen-bond acceptors (Lipinski definition) is 4.